The molecule has 1 aromatic carbocycles. The van der Waals surface area contributed by atoms with Gasteiger partial charge in [-0.2, -0.15) is 4.52 Å². The van der Waals surface area contributed by atoms with E-state index in [9.17, 15) is 0 Å². The number of methoxy groups -OCH3 is 2. The lowest BCUT2D eigenvalue weighted by atomic mass is 10.2. The van der Waals surface area contributed by atoms with Crippen LogP contribution in [0.25, 0.3) is 16.9 Å². The van der Waals surface area contributed by atoms with Crippen molar-refractivity contribution in [3.63, 3.8) is 0 Å². The number of fused-ring (bicyclic) bond motifs is 1. The van der Waals surface area contributed by atoms with E-state index in [4.69, 9.17) is 9.47 Å². The highest BCUT2D eigenvalue weighted by Crippen LogP contribution is 2.30. The molecule has 2 aromatic heterocycles. The van der Waals surface area contributed by atoms with Gasteiger partial charge in [-0.05, 0) is 6.07 Å². The maximum absolute atomic E-state index is 5.43. The maximum Gasteiger partial charge on any atom is 0.243 e. The summed E-state index contributed by atoms with van der Waals surface area (Å²) in [6, 6.07) is 13.5. The van der Waals surface area contributed by atoms with E-state index in [1.807, 2.05) is 36.4 Å². The SMILES string of the molecule is COc1ccc2nc(-c3ccccc3)c(OC)n2n1. The van der Waals surface area contributed by atoms with E-state index in [1.165, 1.54) is 0 Å². The summed E-state index contributed by atoms with van der Waals surface area (Å²) >= 11 is 0. The van der Waals surface area contributed by atoms with Crippen LogP contribution in [0.4, 0.5) is 0 Å². The van der Waals surface area contributed by atoms with E-state index in [0.29, 0.717) is 11.8 Å². The number of nitrogens with zero attached hydrogens (tertiary/aromatic N) is 3. The molecule has 0 spiro atoms. The van der Waals surface area contributed by atoms with Gasteiger partial charge >= 0.3 is 0 Å². The smallest absolute Gasteiger partial charge is 0.243 e. The Bertz CT molecular complexity index is 707. The van der Waals surface area contributed by atoms with Crippen molar-refractivity contribution in [2.75, 3.05) is 14.2 Å². The predicted molar refractivity (Wildman–Crippen MR) is 71.5 cm³/mol. The van der Waals surface area contributed by atoms with Crippen molar-refractivity contribution in [2.45, 2.75) is 0 Å². The van der Waals surface area contributed by atoms with Gasteiger partial charge in [-0.1, -0.05) is 30.3 Å². The number of benzene rings is 1. The molecule has 5 nitrogen and oxygen atoms in total. The van der Waals surface area contributed by atoms with Crippen molar-refractivity contribution >= 4 is 5.65 Å². The lowest BCUT2D eigenvalue weighted by molar-refractivity contribution is 0.368. The summed E-state index contributed by atoms with van der Waals surface area (Å²) < 4.78 is 12.2. The highest BCUT2D eigenvalue weighted by molar-refractivity contribution is 5.69. The Morgan fingerprint density at radius 2 is 1.74 bits per heavy atom. The average Bonchev–Trinajstić information content (AvgIpc) is 2.85. The summed E-state index contributed by atoms with van der Waals surface area (Å²) in [5.41, 5.74) is 2.48. The summed E-state index contributed by atoms with van der Waals surface area (Å²) in [7, 11) is 3.19. The summed E-state index contributed by atoms with van der Waals surface area (Å²) in [6.07, 6.45) is 0. The highest BCUT2D eigenvalue weighted by Gasteiger charge is 2.15. The Balaban J connectivity index is 2.26. The number of ether oxygens (including phenoxy) is 2. The van der Waals surface area contributed by atoms with Crippen LogP contribution in [-0.4, -0.2) is 28.8 Å². The summed E-state index contributed by atoms with van der Waals surface area (Å²) in [5, 5.41) is 4.32. The van der Waals surface area contributed by atoms with Gasteiger partial charge in [0.15, 0.2) is 5.65 Å². The Morgan fingerprint density at radius 1 is 0.947 bits per heavy atom. The Hall–Kier alpha value is -2.56. The first-order valence-electron chi connectivity index (χ1n) is 5.86. The first-order valence-corrected chi connectivity index (χ1v) is 5.86. The van der Waals surface area contributed by atoms with Crippen LogP contribution in [0.3, 0.4) is 0 Å². The van der Waals surface area contributed by atoms with Gasteiger partial charge in [-0.15, -0.1) is 5.10 Å². The number of rotatable bonds is 3. The second-order valence-corrected chi connectivity index (χ2v) is 3.98. The average molecular weight is 255 g/mol. The number of aromatic nitrogens is 3. The molecule has 19 heavy (non-hydrogen) atoms. The lowest BCUT2D eigenvalue weighted by Crippen LogP contribution is -1.98. The van der Waals surface area contributed by atoms with Gasteiger partial charge < -0.3 is 9.47 Å². The van der Waals surface area contributed by atoms with E-state index in [2.05, 4.69) is 10.1 Å². The quantitative estimate of drug-likeness (QED) is 0.721. The number of imidazole rings is 1. The molecule has 0 unspecified atom stereocenters. The summed E-state index contributed by atoms with van der Waals surface area (Å²) in [6.45, 7) is 0. The molecule has 0 amide bonds. The molecule has 5 heteroatoms. The van der Waals surface area contributed by atoms with Crippen LogP contribution >= 0.6 is 0 Å². The first-order chi connectivity index (χ1) is 9.33. The molecule has 0 atom stereocenters. The zero-order valence-electron chi connectivity index (χ0n) is 10.7. The van der Waals surface area contributed by atoms with Gasteiger partial charge in [0, 0.05) is 11.6 Å². The Kier molecular flexibility index (Phi) is 2.79. The molecule has 0 radical (unpaired) electrons. The molecule has 3 aromatic rings. The van der Waals surface area contributed by atoms with E-state index in [-0.39, 0.29) is 0 Å². The third-order valence-corrected chi connectivity index (χ3v) is 2.86. The molecule has 0 saturated carbocycles. The molecule has 96 valence electrons. The van der Waals surface area contributed by atoms with Gasteiger partial charge in [-0.25, -0.2) is 4.98 Å². The fourth-order valence-corrected chi connectivity index (χ4v) is 1.97. The number of hydrogen-bond donors (Lipinski definition) is 0. The normalized spacial score (nSPS) is 10.6. The molecule has 0 aliphatic carbocycles. The summed E-state index contributed by atoms with van der Waals surface area (Å²) in [4.78, 5) is 4.55. The van der Waals surface area contributed by atoms with Gasteiger partial charge in [-0.3, -0.25) is 0 Å². The van der Waals surface area contributed by atoms with Gasteiger partial charge in [0.1, 0.15) is 5.69 Å². The van der Waals surface area contributed by atoms with Crippen LogP contribution < -0.4 is 9.47 Å². The van der Waals surface area contributed by atoms with Crippen LogP contribution in [0.2, 0.25) is 0 Å². The molecular weight excluding hydrogens is 242 g/mol. The van der Waals surface area contributed by atoms with Crippen LogP contribution in [-0.2, 0) is 0 Å². The van der Waals surface area contributed by atoms with Crippen molar-refractivity contribution in [3.8, 4) is 23.0 Å². The largest absolute Gasteiger partial charge is 0.480 e. The molecule has 0 aliphatic heterocycles. The minimum absolute atomic E-state index is 0.516. The van der Waals surface area contributed by atoms with Crippen molar-refractivity contribution in [2.24, 2.45) is 0 Å². The van der Waals surface area contributed by atoms with Crippen molar-refractivity contribution in [1.29, 1.82) is 0 Å². The van der Waals surface area contributed by atoms with Crippen LogP contribution in [0, 0.1) is 0 Å². The second kappa shape index (κ2) is 4.61. The topological polar surface area (TPSA) is 48.7 Å². The van der Waals surface area contributed by atoms with Crippen molar-refractivity contribution in [1.82, 2.24) is 14.6 Å². The molecule has 0 aliphatic rings. The maximum atomic E-state index is 5.43. The van der Waals surface area contributed by atoms with E-state index in [1.54, 1.807) is 24.8 Å². The summed E-state index contributed by atoms with van der Waals surface area (Å²) in [5.74, 6) is 1.11. The van der Waals surface area contributed by atoms with E-state index < -0.39 is 0 Å². The fourth-order valence-electron chi connectivity index (χ4n) is 1.97. The minimum Gasteiger partial charge on any atom is -0.480 e. The molecule has 0 saturated heterocycles. The van der Waals surface area contributed by atoms with Gasteiger partial charge in [0.25, 0.3) is 0 Å². The lowest BCUT2D eigenvalue weighted by Gasteiger charge is -2.03. The highest BCUT2D eigenvalue weighted by atomic mass is 16.5. The van der Waals surface area contributed by atoms with Gasteiger partial charge in [0.2, 0.25) is 11.8 Å². The number of hydrogen-bond acceptors (Lipinski definition) is 4. The van der Waals surface area contributed by atoms with Crippen LogP contribution in [0.5, 0.6) is 11.8 Å². The zero-order valence-corrected chi connectivity index (χ0v) is 10.7. The molecule has 2 heterocycles. The fraction of sp³-hybridized carbons (Fsp3) is 0.143. The minimum atomic E-state index is 0.516. The van der Waals surface area contributed by atoms with Crippen molar-refractivity contribution in [3.05, 3.63) is 42.5 Å². The molecule has 0 N–H and O–H groups in total. The molecule has 0 fully saturated rings. The molecule has 3 rings (SSSR count). The monoisotopic (exact) mass is 255 g/mol. The first kappa shape index (κ1) is 11.5. The Morgan fingerprint density at radius 3 is 2.42 bits per heavy atom. The van der Waals surface area contributed by atoms with Crippen LogP contribution in [0.1, 0.15) is 0 Å². The third-order valence-electron chi connectivity index (χ3n) is 2.86. The second-order valence-electron chi connectivity index (χ2n) is 3.98. The molecule has 0 bridgehead atoms. The standard InChI is InChI=1S/C14H13N3O2/c1-18-12-9-8-11-15-13(10-6-4-3-5-7-10)14(19-2)17(11)16-12/h3-9H,1-2H3. The van der Waals surface area contributed by atoms with Gasteiger partial charge in [0.05, 0.1) is 14.2 Å². The third kappa shape index (κ3) is 1.89. The predicted octanol–water partition coefficient (Wildman–Crippen LogP) is 2.41. The van der Waals surface area contributed by atoms with E-state index >= 15 is 0 Å². The zero-order chi connectivity index (χ0) is 13.2. The molecular formula is C14H13N3O2. The van der Waals surface area contributed by atoms with E-state index in [0.717, 1.165) is 16.9 Å². The Labute approximate surface area is 110 Å². The van der Waals surface area contributed by atoms with Crippen LogP contribution in [0.15, 0.2) is 42.5 Å². The van der Waals surface area contributed by atoms with Crippen molar-refractivity contribution < 1.29 is 9.47 Å².